The van der Waals surface area contributed by atoms with Gasteiger partial charge in [0.15, 0.2) is 21.1 Å². The fraction of sp³-hybridized carbons (Fsp3) is 0.172. The van der Waals surface area contributed by atoms with Crippen LogP contribution in [0, 0.1) is 20.4 Å². The molecule has 0 saturated carbocycles. The minimum atomic E-state index is -4.01. The van der Waals surface area contributed by atoms with E-state index in [0.717, 1.165) is 16.3 Å². The number of carbonyl (C=O) groups excluding carboxylic acids is 1. The Kier molecular flexibility index (Phi) is 6.93. The summed E-state index contributed by atoms with van der Waals surface area (Å²) in [5, 5.41) is 16.2. The summed E-state index contributed by atoms with van der Waals surface area (Å²) in [6.45, 7) is 10.8. The number of anilines is 1. The van der Waals surface area contributed by atoms with Crippen LogP contribution in [0.2, 0.25) is 0 Å². The lowest BCUT2D eigenvalue weighted by molar-refractivity contribution is -0.131. The fourth-order valence-electron chi connectivity index (χ4n) is 4.21. The molecule has 4 aromatic rings. The Bertz CT molecular complexity index is 1580. The van der Waals surface area contributed by atoms with Gasteiger partial charge in [-0.05, 0) is 60.0 Å². The molecule has 0 aliphatic rings. The summed E-state index contributed by atoms with van der Waals surface area (Å²) in [7, 11) is -4.01. The van der Waals surface area contributed by atoms with Crippen LogP contribution in [0.15, 0.2) is 89.8 Å². The van der Waals surface area contributed by atoms with Crippen LogP contribution in [0.1, 0.15) is 16.7 Å². The van der Waals surface area contributed by atoms with Gasteiger partial charge in [0.2, 0.25) is 0 Å². The van der Waals surface area contributed by atoms with E-state index in [-0.39, 0.29) is 11.3 Å². The molecule has 0 unspecified atom stereocenters. The lowest BCUT2D eigenvalue weighted by Gasteiger charge is -2.28. The van der Waals surface area contributed by atoms with E-state index in [9.17, 15) is 18.3 Å². The molecule has 0 aliphatic heterocycles. The van der Waals surface area contributed by atoms with Crippen molar-refractivity contribution in [2.24, 2.45) is 0 Å². The number of hydrogen-bond donors (Lipinski definition) is 2. The van der Waals surface area contributed by atoms with E-state index in [1.165, 1.54) is 12.1 Å². The Morgan fingerprint density at radius 2 is 1.67 bits per heavy atom. The lowest BCUT2D eigenvalue weighted by Crippen LogP contribution is -2.50. The fourth-order valence-corrected chi connectivity index (χ4v) is 5.79. The molecule has 6 nitrogen and oxygen atoms in total. The standard InChI is InChI=1S/C29H26N2O4S/c1-20-11-14-25(15-12-20)36(34,35)19-29(33,18-23-9-6-8-22-7-4-5-10-26(22)23)28(32)31-24-13-16-27(30-3)21(2)17-24/h4-17,33H,18-19H2,1-2H3,(H,31,32)/t29-/m0/s1. The molecular weight excluding hydrogens is 472 g/mol. The second-order valence-corrected chi connectivity index (χ2v) is 11.0. The van der Waals surface area contributed by atoms with Crippen molar-refractivity contribution in [3.63, 3.8) is 0 Å². The smallest absolute Gasteiger partial charge is 0.257 e. The molecular formula is C29H26N2O4S. The van der Waals surface area contributed by atoms with Crippen molar-refractivity contribution in [1.82, 2.24) is 0 Å². The number of carbonyl (C=O) groups is 1. The zero-order chi connectivity index (χ0) is 25.9. The zero-order valence-corrected chi connectivity index (χ0v) is 20.8. The average molecular weight is 499 g/mol. The minimum absolute atomic E-state index is 0.0366. The van der Waals surface area contributed by atoms with Crippen molar-refractivity contribution in [1.29, 1.82) is 0 Å². The SMILES string of the molecule is [C-]#[N+]c1ccc(NC(=O)[C@](O)(Cc2cccc3ccccc23)CS(=O)(=O)c2ccc(C)cc2)cc1C. The third-order valence-electron chi connectivity index (χ3n) is 6.17. The largest absolute Gasteiger partial charge is 0.379 e. The minimum Gasteiger partial charge on any atom is -0.379 e. The van der Waals surface area contributed by atoms with Gasteiger partial charge in [0.1, 0.15) is 0 Å². The summed E-state index contributed by atoms with van der Waals surface area (Å²) in [4.78, 5) is 17.0. The molecule has 36 heavy (non-hydrogen) atoms. The van der Waals surface area contributed by atoms with Crippen LogP contribution in [-0.4, -0.2) is 30.8 Å². The second-order valence-electron chi connectivity index (χ2n) is 8.99. The first-order valence-corrected chi connectivity index (χ1v) is 13.0. The number of benzene rings is 4. The third-order valence-corrected chi connectivity index (χ3v) is 8.02. The first-order valence-electron chi connectivity index (χ1n) is 11.4. The molecule has 1 amide bonds. The van der Waals surface area contributed by atoms with Crippen LogP contribution in [0.4, 0.5) is 11.4 Å². The van der Waals surface area contributed by atoms with Crippen molar-refractivity contribution < 1.29 is 18.3 Å². The molecule has 4 aromatic carbocycles. The number of sulfone groups is 1. The Morgan fingerprint density at radius 1 is 0.972 bits per heavy atom. The molecule has 0 aliphatic carbocycles. The molecule has 4 rings (SSSR count). The van der Waals surface area contributed by atoms with E-state index < -0.39 is 27.1 Å². The van der Waals surface area contributed by atoms with Crippen molar-refractivity contribution in [3.05, 3.63) is 113 Å². The molecule has 0 saturated heterocycles. The van der Waals surface area contributed by atoms with E-state index in [2.05, 4.69) is 10.2 Å². The number of aliphatic hydroxyl groups is 1. The molecule has 7 heteroatoms. The summed E-state index contributed by atoms with van der Waals surface area (Å²) in [5.41, 5.74) is 0.767. The molecule has 1 atom stereocenters. The van der Waals surface area contributed by atoms with Gasteiger partial charge in [-0.15, -0.1) is 0 Å². The van der Waals surface area contributed by atoms with Gasteiger partial charge in [0, 0.05) is 12.1 Å². The average Bonchev–Trinajstić information content (AvgIpc) is 2.84. The number of amides is 1. The van der Waals surface area contributed by atoms with Crippen LogP contribution in [0.25, 0.3) is 15.6 Å². The summed E-state index contributed by atoms with van der Waals surface area (Å²) in [5.74, 6) is -1.63. The van der Waals surface area contributed by atoms with Gasteiger partial charge in [-0.25, -0.2) is 13.3 Å². The highest BCUT2D eigenvalue weighted by Crippen LogP contribution is 2.28. The van der Waals surface area contributed by atoms with Gasteiger partial charge in [-0.1, -0.05) is 66.2 Å². The maximum absolute atomic E-state index is 13.5. The maximum atomic E-state index is 13.5. The number of rotatable bonds is 7. The summed E-state index contributed by atoms with van der Waals surface area (Å²) in [6.07, 6.45) is -0.204. The monoisotopic (exact) mass is 498 g/mol. The summed E-state index contributed by atoms with van der Waals surface area (Å²) in [6, 6.07) is 24.1. The van der Waals surface area contributed by atoms with Gasteiger partial charge in [0.25, 0.3) is 5.91 Å². The molecule has 0 fully saturated rings. The summed E-state index contributed by atoms with van der Waals surface area (Å²) < 4.78 is 26.7. The predicted octanol–water partition coefficient (Wildman–Crippen LogP) is 5.39. The molecule has 0 aromatic heterocycles. The molecule has 0 spiro atoms. The Hall–Kier alpha value is -3.99. The molecule has 0 radical (unpaired) electrons. The van der Waals surface area contributed by atoms with Gasteiger partial charge >= 0.3 is 0 Å². The van der Waals surface area contributed by atoms with Crippen LogP contribution in [0.5, 0.6) is 0 Å². The number of fused-ring (bicyclic) bond motifs is 1. The van der Waals surface area contributed by atoms with Gasteiger partial charge < -0.3 is 10.4 Å². The highest BCUT2D eigenvalue weighted by molar-refractivity contribution is 7.91. The van der Waals surface area contributed by atoms with Gasteiger partial charge in [0.05, 0.1) is 17.2 Å². The normalized spacial score (nSPS) is 13.1. The molecule has 0 heterocycles. The summed E-state index contributed by atoms with van der Waals surface area (Å²) >= 11 is 0. The van der Waals surface area contributed by atoms with E-state index in [1.807, 2.05) is 43.3 Å². The maximum Gasteiger partial charge on any atom is 0.257 e. The van der Waals surface area contributed by atoms with E-state index in [1.54, 1.807) is 43.3 Å². The number of hydrogen-bond acceptors (Lipinski definition) is 4. The Morgan fingerprint density at radius 3 is 2.36 bits per heavy atom. The quantitative estimate of drug-likeness (QED) is 0.334. The van der Waals surface area contributed by atoms with Crippen LogP contribution < -0.4 is 5.32 Å². The van der Waals surface area contributed by atoms with Crippen molar-refractivity contribution in [2.75, 3.05) is 11.1 Å². The third kappa shape index (κ3) is 5.30. The number of aryl methyl sites for hydroxylation is 2. The first-order chi connectivity index (χ1) is 17.1. The van der Waals surface area contributed by atoms with Crippen molar-refractivity contribution in [2.45, 2.75) is 30.8 Å². The lowest BCUT2D eigenvalue weighted by atomic mass is 9.91. The van der Waals surface area contributed by atoms with Gasteiger partial charge in [-0.2, -0.15) is 0 Å². The van der Waals surface area contributed by atoms with Crippen LogP contribution >= 0.6 is 0 Å². The topological polar surface area (TPSA) is 87.8 Å². The highest BCUT2D eigenvalue weighted by Gasteiger charge is 2.42. The zero-order valence-electron chi connectivity index (χ0n) is 20.0. The van der Waals surface area contributed by atoms with Gasteiger partial charge in [-0.3, -0.25) is 4.79 Å². The van der Waals surface area contributed by atoms with Crippen molar-refractivity contribution >= 4 is 37.9 Å². The van der Waals surface area contributed by atoms with Crippen molar-refractivity contribution in [3.8, 4) is 0 Å². The Balaban J connectivity index is 1.74. The first kappa shape index (κ1) is 25.1. The highest BCUT2D eigenvalue weighted by atomic mass is 32.2. The van der Waals surface area contributed by atoms with E-state index >= 15 is 0 Å². The van der Waals surface area contributed by atoms with E-state index in [0.29, 0.717) is 22.5 Å². The second kappa shape index (κ2) is 9.94. The molecule has 2 N–H and O–H groups in total. The number of nitrogens with one attached hydrogen (secondary N) is 1. The Labute approximate surface area is 211 Å². The van der Waals surface area contributed by atoms with Crippen LogP contribution in [0.3, 0.4) is 0 Å². The molecule has 0 bridgehead atoms. The van der Waals surface area contributed by atoms with E-state index in [4.69, 9.17) is 6.57 Å². The predicted molar refractivity (Wildman–Crippen MR) is 142 cm³/mol. The van der Waals surface area contributed by atoms with Crippen LogP contribution in [-0.2, 0) is 21.1 Å². The molecule has 182 valence electrons. The number of nitrogens with zero attached hydrogens (tertiary/aromatic N) is 1.